The summed E-state index contributed by atoms with van der Waals surface area (Å²) in [6, 6.07) is 4.79. The van der Waals surface area contributed by atoms with Crippen LogP contribution in [0.15, 0.2) is 27.4 Å². The van der Waals surface area contributed by atoms with E-state index in [1.54, 1.807) is 32.3 Å². The van der Waals surface area contributed by atoms with Gasteiger partial charge >= 0.3 is 11.0 Å². The Bertz CT molecular complexity index is 584. The largest absolute Gasteiger partial charge is 0.414 e. The van der Waals surface area contributed by atoms with Gasteiger partial charge in [0.15, 0.2) is 0 Å². The summed E-state index contributed by atoms with van der Waals surface area (Å²) >= 11 is 0.975. The predicted molar refractivity (Wildman–Crippen MR) is 60.1 cm³/mol. The topological polar surface area (TPSA) is 59.8 Å². The lowest BCUT2D eigenvalue weighted by atomic mass is 10.3. The molecule has 0 spiro atoms. The molecule has 6 heteroatoms. The van der Waals surface area contributed by atoms with E-state index in [4.69, 9.17) is 9.15 Å². The molecular weight excluding hydrogens is 230 g/mol. The molecular formula is C10H9NO4S. The van der Waals surface area contributed by atoms with E-state index in [2.05, 4.69) is 0 Å². The Labute approximate surface area is 94.8 Å². The molecule has 0 N–H and O–H groups in total. The van der Waals surface area contributed by atoms with Gasteiger partial charge in [-0.1, -0.05) is 11.3 Å². The number of fused-ring (bicyclic) bond motifs is 1. The number of amides is 1. The molecule has 84 valence electrons. The van der Waals surface area contributed by atoms with Crippen molar-refractivity contribution in [2.24, 2.45) is 0 Å². The molecule has 1 amide bonds. The highest BCUT2D eigenvalue weighted by Gasteiger charge is 2.08. The fourth-order valence-corrected chi connectivity index (χ4v) is 1.80. The van der Waals surface area contributed by atoms with Gasteiger partial charge in [0.1, 0.15) is 11.3 Å². The minimum absolute atomic E-state index is 0.369. The highest BCUT2D eigenvalue weighted by Crippen LogP contribution is 2.23. The Morgan fingerprint density at radius 1 is 1.44 bits per heavy atom. The van der Waals surface area contributed by atoms with Gasteiger partial charge in [-0.2, -0.15) is 0 Å². The van der Waals surface area contributed by atoms with Crippen LogP contribution in [0.5, 0.6) is 5.75 Å². The third-order valence-corrected chi connectivity index (χ3v) is 2.66. The van der Waals surface area contributed by atoms with E-state index in [1.165, 1.54) is 4.90 Å². The molecule has 2 aromatic rings. The summed E-state index contributed by atoms with van der Waals surface area (Å²) < 4.78 is 10.6. The lowest BCUT2D eigenvalue weighted by Crippen LogP contribution is -2.25. The maximum atomic E-state index is 11.3. The van der Waals surface area contributed by atoms with E-state index in [1.807, 2.05) is 0 Å². The highest BCUT2D eigenvalue weighted by molar-refractivity contribution is 7.16. The normalized spacial score (nSPS) is 10.4. The molecule has 0 atom stereocenters. The average Bonchev–Trinajstić information content (AvgIpc) is 2.57. The van der Waals surface area contributed by atoms with Crippen molar-refractivity contribution in [3.8, 4) is 5.75 Å². The van der Waals surface area contributed by atoms with E-state index < -0.39 is 6.09 Å². The molecule has 1 heterocycles. The standard InChI is InChI=1S/C10H9NO4S/c1-11(2)9(12)14-6-3-4-7-8(5-6)16-10(13)15-7/h3-5H,1-2H3. The second kappa shape index (κ2) is 3.97. The van der Waals surface area contributed by atoms with Crippen molar-refractivity contribution in [2.75, 3.05) is 14.1 Å². The highest BCUT2D eigenvalue weighted by atomic mass is 32.1. The molecule has 16 heavy (non-hydrogen) atoms. The van der Waals surface area contributed by atoms with Crippen LogP contribution in [0.3, 0.4) is 0 Å². The maximum absolute atomic E-state index is 11.3. The van der Waals surface area contributed by atoms with Gasteiger partial charge in [-0.05, 0) is 12.1 Å². The third-order valence-electron chi connectivity index (χ3n) is 1.87. The number of nitrogens with zero attached hydrogens (tertiary/aromatic N) is 1. The van der Waals surface area contributed by atoms with Crippen molar-refractivity contribution in [2.45, 2.75) is 0 Å². The second-order valence-corrected chi connectivity index (χ2v) is 4.30. The summed E-state index contributed by atoms with van der Waals surface area (Å²) in [7, 11) is 3.19. The molecule has 0 radical (unpaired) electrons. The minimum Gasteiger partial charge on any atom is -0.414 e. The summed E-state index contributed by atoms with van der Waals surface area (Å²) in [6.07, 6.45) is -0.463. The Balaban J connectivity index is 2.32. The fraction of sp³-hybridized carbons (Fsp3) is 0.200. The average molecular weight is 239 g/mol. The van der Waals surface area contributed by atoms with Crippen molar-refractivity contribution < 1.29 is 13.9 Å². The summed E-state index contributed by atoms with van der Waals surface area (Å²) in [5.74, 6) is 0.392. The minimum atomic E-state index is -0.463. The lowest BCUT2D eigenvalue weighted by Gasteiger charge is -2.10. The first kappa shape index (κ1) is 10.7. The van der Waals surface area contributed by atoms with Gasteiger partial charge in [-0.3, -0.25) is 0 Å². The third kappa shape index (κ3) is 2.06. The van der Waals surface area contributed by atoms with Crippen molar-refractivity contribution in [1.82, 2.24) is 4.90 Å². The molecule has 1 aromatic carbocycles. The van der Waals surface area contributed by atoms with E-state index in [0.717, 1.165) is 11.3 Å². The number of rotatable bonds is 1. The summed E-state index contributed by atoms with van der Waals surface area (Å²) in [5, 5.41) is 0. The van der Waals surface area contributed by atoms with E-state index in [9.17, 15) is 9.59 Å². The molecule has 0 aliphatic rings. The zero-order chi connectivity index (χ0) is 11.7. The van der Waals surface area contributed by atoms with Crippen LogP contribution in [0, 0.1) is 0 Å². The van der Waals surface area contributed by atoms with Crippen molar-refractivity contribution in [3.05, 3.63) is 27.9 Å². The number of benzene rings is 1. The number of carbonyl (C=O) groups excluding carboxylic acids is 1. The van der Waals surface area contributed by atoms with Crippen LogP contribution in [0.25, 0.3) is 10.3 Å². The first-order valence-electron chi connectivity index (χ1n) is 4.49. The Morgan fingerprint density at radius 2 is 2.19 bits per heavy atom. The maximum Gasteiger partial charge on any atom is 0.414 e. The van der Waals surface area contributed by atoms with Crippen LogP contribution in [-0.2, 0) is 0 Å². The first-order valence-corrected chi connectivity index (χ1v) is 5.31. The van der Waals surface area contributed by atoms with Crippen LogP contribution in [0.1, 0.15) is 0 Å². The molecule has 1 aromatic heterocycles. The molecule has 0 aliphatic heterocycles. The molecule has 0 bridgehead atoms. The van der Waals surface area contributed by atoms with Crippen molar-refractivity contribution in [3.63, 3.8) is 0 Å². The quantitative estimate of drug-likeness (QED) is 0.762. The number of ether oxygens (including phenoxy) is 1. The van der Waals surface area contributed by atoms with Crippen molar-refractivity contribution >= 4 is 27.7 Å². The number of carbonyl (C=O) groups is 1. The van der Waals surface area contributed by atoms with E-state index in [0.29, 0.717) is 16.0 Å². The molecule has 2 rings (SSSR count). The van der Waals surface area contributed by atoms with Crippen LogP contribution < -0.4 is 9.68 Å². The van der Waals surface area contributed by atoms with E-state index >= 15 is 0 Å². The zero-order valence-electron chi connectivity index (χ0n) is 8.72. The Morgan fingerprint density at radius 3 is 2.88 bits per heavy atom. The molecule has 0 saturated heterocycles. The predicted octanol–water partition coefficient (Wildman–Crippen LogP) is 1.91. The van der Waals surface area contributed by atoms with Gasteiger partial charge < -0.3 is 14.1 Å². The summed E-state index contributed by atoms with van der Waals surface area (Å²) in [5.41, 5.74) is 0.500. The van der Waals surface area contributed by atoms with Gasteiger partial charge in [0.05, 0.1) is 4.70 Å². The molecule has 5 nitrogen and oxygen atoms in total. The fourth-order valence-electron chi connectivity index (χ4n) is 1.11. The molecule has 0 saturated carbocycles. The van der Waals surface area contributed by atoms with E-state index in [-0.39, 0.29) is 4.94 Å². The molecule has 0 fully saturated rings. The first-order chi connectivity index (χ1) is 7.56. The van der Waals surface area contributed by atoms with Crippen LogP contribution >= 0.6 is 11.3 Å². The van der Waals surface area contributed by atoms with Crippen LogP contribution in [0.4, 0.5) is 4.79 Å². The molecule has 0 unspecified atom stereocenters. The monoisotopic (exact) mass is 239 g/mol. The number of hydrogen-bond donors (Lipinski definition) is 0. The van der Waals surface area contributed by atoms with Crippen LogP contribution in [-0.4, -0.2) is 25.1 Å². The second-order valence-electron chi connectivity index (χ2n) is 3.33. The number of hydrogen-bond acceptors (Lipinski definition) is 5. The van der Waals surface area contributed by atoms with Gasteiger partial charge in [0, 0.05) is 20.2 Å². The smallest absolute Gasteiger partial charge is 0.414 e. The van der Waals surface area contributed by atoms with Gasteiger partial charge in [0.25, 0.3) is 0 Å². The van der Waals surface area contributed by atoms with Gasteiger partial charge in [0.2, 0.25) is 0 Å². The van der Waals surface area contributed by atoms with Gasteiger partial charge in [-0.15, -0.1) is 0 Å². The Kier molecular flexibility index (Phi) is 2.66. The SMILES string of the molecule is CN(C)C(=O)Oc1ccc2oc(=O)sc2c1. The summed E-state index contributed by atoms with van der Waals surface area (Å²) in [6.45, 7) is 0. The summed E-state index contributed by atoms with van der Waals surface area (Å²) in [4.78, 5) is 23.2. The Hall–Kier alpha value is -1.82. The van der Waals surface area contributed by atoms with Gasteiger partial charge in [-0.25, -0.2) is 9.59 Å². The van der Waals surface area contributed by atoms with Crippen LogP contribution in [0.2, 0.25) is 0 Å². The van der Waals surface area contributed by atoms with Crippen molar-refractivity contribution in [1.29, 1.82) is 0 Å². The zero-order valence-corrected chi connectivity index (χ0v) is 9.54. The molecule has 0 aliphatic carbocycles. The lowest BCUT2D eigenvalue weighted by molar-refractivity contribution is 0.172.